The first-order chi connectivity index (χ1) is 12.2. The molecule has 3 rings (SSSR count). The Hall–Kier alpha value is -1.70. The van der Waals surface area contributed by atoms with E-state index in [0.29, 0.717) is 11.5 Å². The molecule has 0 N–H and O–H groups in total. The van der Waals surface area contributed by atoms with Gasteiger partial charge in [0.25, 0.3) is 0 Å². The molecule has 0 unspecified atom stereocenters. The number of halogens is 2. The molecule has 0 nitrogen and oxygen atoms in total. The number of benzene rings is 2. The molecule has 0 aliphatic heterocycles. The second-order valence-corrected chi connectivity index (χ2v) is 7.51. The molecular formula is C23H28F2. The summed E-state index contributed by atoms with van der Waals surface area (Å²) in [5.74, 6) is 0.718. The van der Waals surface area contributed by atoms with Gasteiger partial charge in [-0.3, -0.25) is 0 Å². The van der Waals surface area contributed by atoms with E-state index in [9.17, 15) is 8.78 Å². The highest BCUT2D eigenvalue weighted by molar-refractivity contribution is 5.65. The number of aryl methyl sites for hydroxylation is 1. The summed E-state index contributed by atoms with van der Waals surface area (Å²) in [4.78, 5) is 0. The van der Waals surface area contributed by atoms with Crippen molar-refractivity contribution in [1.29, 1.82) is 0 Å². The summed E-state index contributed by atoms with van der Waals surface area (Å²) in [5, 5.41) is 0. The second-order valence-electron chi connectivity index (χ2n) is 7.51. The summed E-state index contributed by atoms with van der Waals surface area (Å²) in [5.41, 5.74) is 1.47. The summed E-state index contributed by atoms with van der Waals surface area (Å²) in [7, 11) is 0. The molecule has 2 aromatic rings. The highest BCUT2D eigenvalue weighted by Gasteiger charge is 2.21. The van der Waals surface area contributed by atoms with Gasteiger partial charge in [0, 0.05) is 0 Å². The lowest BCUT2D eigenvalue weighted by Crippen LogP contribution is -2.15. The summed E-state index contributed by atoms with van der Waals surface area (Å²) in [6, 6.07) is 12.0. The molecule has 0 heterocycles. The predicted octanol–water partition coefficient (Wildman–Crippen LogP) is 7.17. The fourth-order valence-corrected chi connectivity index (χ4v) is 4.24. The van der Waals surface area contributed by atoms with Crippen molar-refractivity contribution in [2.75, 3.05) is 0 Å². The van der Waals surface area contributed by atoms with Gasteiger partial charge in [0.05, 0.1) is 5.56 Å². The van der Waals surface area contributed by atoms with Gasteiger partial charge in [-0.25, -0.2) is 8.78 Å². The van der Waals surface area contributed by atoms with Crippen molar-refractivity contribution in [3.8, 4) is 11.1 Å². The predicted molar refractivity (Wildman–Crippen MR) is 100 cm³/mol. The standard InChI is InChI=1S/C23H28F2/c1-2-6-17-9-11-18(12-10-17)13-14-19-15-21(24)23(22(25)16-19)20-7-4-3-5-8-20/h3-5,7-8,15-18H,2,6,9-14H2,1H3. The molecule has 1 saturated carbocycles. The van der Waals surface area contributed by atoms with Crippen molar-refractivity contribution < 1.29 is 8.78 Å². The Bertz CT molecular complexity index is 647. The monoisotopic (exact) mass is 342 g/mol. The minimum Gasteiger partial charge on any atom is -0.206 e. The van der Waals surface area contributed by atoms with E-state index in [1.54, 1.807) is 24.3 Å². The fourth-order valence-electron chi connectivity index (χ4n) is 4.24. The van der Waals surface area contributed by atoms with E-state index in [1.165, 1.54) is 50.7 Å². The Labute approximate surface area is 150 Å². The van der Waals surface area contributed by atoms with Gasteiger partial charge in [-0.2, -0.15) is 0 Å². The first-order valence-electron chi connectivity index (χ1n) is 9.70. The molecular weight excluding hydrogens is 314 g/mol. The van der Waals surface area contributed by atoms with Gasteiger partial charge in [0.15, 0.2) is 0 Å². The maximum absolute atomic E-state index is 14.5. The zero-order valence-electron chi connectivity index (χ0n) is 15.1. The van der Waals surface area contributed by atoms with Crippen LogP contribution in [0.15, 0.2) is 42.5 Å². The molecule has 0 bridgehead atoms. The lowest BCUT2D eigenvalue weighted by Gasteiger charge is -2.28. The maximum atomic E-state index is 14.5. The van der Waals surface area contributed by atoms with Gasteiger partial charge in [0.2, 0.25) is 0 Å². The third kappa shape index (κ3) is 4.68. The topological polar surface area (TPSA) is 0 Å². The summed E-state index contributed by atoms with van der Waals surface area (Å²) >= 11 is 0. The van der Waals surface area contributed by atoms with E-state index in [4.69, 9.17) is 0 Å². The van der Waals surface area contributed by atoms with Crippen LogP contribution in [0.3, 0.4) is 0 Å². The molecule has 1 fully saturated rings. The summed E-state index contributed by atoms with van der Waals surface area (Å²) in [6.07, 6.45) is 9.65. The summed E-state index contributed by atoms with van der Waals surface area (Å²) < 4.78 is 28.9. The molecule has 25 heavy (non-hydrogen) atoms. The zero-order valence-corrected chi connectivity index (χ0v) is 15.1. The molecule has 0 spiro atoms. The first kappa shape index (κ1) is 18.1. The molecule has 134 valence electrons. The molecule has 1 aliphatic rings. The Balaban J connectivity index is 1.61. The Morgan fingerprint density at radius 1 is 0.840 bits per heavy atom. The molecule has 0 amide bonds. The molecule has 1 aliphatic carbocycles. The third-order valence-corrected chi connectivity index (χ3v) is 5.67. The fraction of sp³-hybridized carbons (Fsp3) is 0.478. The van der Waals surface area contributed by atoms with Crippen LogP contribution in [0.1, 0.15) is 57.4 Å². The molecule has 0 saturated heterocycles. The maximum Gasteiger partial charge on any atom is 0.134 e. The second kappa shape index (κ2) is 8.60. The minimum absolute atomic E-state index is 0.0874. The number of rotatable bonds is 6. The van der Waals surface area contributed by atoms with Crippen LogP contribution >= 0.6 is 0 Å². The lowest BCUT2D eigenvalue weighted by molar-refractivity contribution is 0.252. The van der Waals surface area contributed by atoms with Gasteiger partial charge < -0.3 is 0 Å². The van der Waals surface area contributed by atoms with Crippen molar-refractivity contribution in [2.45, 2.75) is 58.3 Å². The van der Waals surface area contributed by atoms with Gasteiger partial charge in [-0.05, 0) is 47.9 Å². The van der Waals surface area contributed by atoms with Crippen LogP contribution in [-0.4, -0.2) is 0 Å². The van der Waals surface area contributed by atoms with Crippen LogP contribution in [-0.2, 0) is 6.42 Å². The quantitative estimate of drug-likeness (QED) is 0.522. The van der Waals surface area contributed by atoms with Crippen molar-refractivity contribution in [3.63, 3.8) is 0 Å². The lowest BCUT2D eigenvalue weighted by atomic mass is 9.78. The van der Waals surface area contributed by atoms with E-state index in [-0.39, 0.29) is 5.56 Å². The van der Waals surface area contributed by atoms with Gasteiger partial charge in [-0.1, -0.05) is 75.8 Å². The van der Waals surface area contributed by atoms with Crippen LogP contribution < -0.4 is 0 Å². The van der Waals surface area contributed by atoms with Crippen molar-refractivity contribution in [3.05, 3.63) is 59.7 Å². The van der Waals surface area contributed by atoms with E-state index in [1.807, 2.05) is 6.07 Å². The summed E-state index contributed by atoms with van der Waals surface area (Å²) in [6.45, 7) is 2.26. The smallest absolute Gasteiger partial charge is 0.134 e. The average molecular weight is 342 g/mol. The van der Waals surface area contributed by atoms with Crippen molar-refractivity contribution in [1.82, 2.24) is 0 Å². The Morgan fingerprint density at radius 2 is 1.40 bits per heavy atom. The van der Waals surface area contributed by atoms with Crippen LogP contribution in [0.4, 0.5) is 8.78 Å². The third-order valence-electron chi connectivity index (χ3n) is 5.67. The number of hydrogen-bond donors (Lipinski definition) is 0. The van der Waals surface area contributed by atoms with Gasteiger partial charge in [0.1, 0.15) is 11.6 Å². The van der Waals surface area contributed by atoms with Crippen molar-refractivity contribution in [2.24, 2.45) is 11.8 Å². The van der Waals surface area contributed by atoms with Crippen LogP contribution in [0.25, 0.3) is 11.1 Å². The van der Waals surface area contributed by atoms with Crippen LogP contribution in [0.5, 0.6) is 0 Å². The highest BCUT2D eigenvalue weighted by atomic mass is 19.1. The average Bonchev–Trinajstić information content (AvgIpc) is 2.62. The molecule has 0 aromatic heterocycles. The zero-order chi connectivity index (χ0) is 17.6. The van der Waals surface area contributed by atoms with Gasteiger partial charge >= 0.3 is 0 Å². The normalized spacial score (nSPS) is 20.6. The van der Waals surface area contributed by atoms with E-state index in [2.05, 4.69) is 6.92 Å². The van der Waals surface area contributed by atoms with Crippen LogP contribution in [0, 0.1) is 23.5 Å². The van der Waals surface area contributed by atoms with Crippen molar-refractivity contribution >= 4 is 0 Å². The largest absolute Gasteiger partial charge is 0.206 e. The molecule has 0 radical (unpaired) electrons. The Kier molecular flexibility index (Phi) is 6.23. The number of hydrogen-bond acceptors (Lipinski definition) is 0. The van der Waals surface area contributed by atoms with E-state index >= 15 is 0 Å². The van der Waals surface area contributed by atoms with E-state index < -0.39 is 11.6 Å². The first-order valence-corrected chi connectivity index (χ1v) is 9.70. The Morgan fingerprint density at radius 3 is 1.96 bits per heavy atom. The minimum atomic E-state index is -0.451. The highest BCUT2D eigenvalue weighted by Crippen LogP contribution is 2.34. The van der Waals surface area contributed by atoms with Gasteiger partial charge in [-0.15, -0.1) is 0 Å². The molecule has 0 atom stereocenters. The molecule has 2 aromatic carbocycles. The SMILES string of the molecule is CCCC1CCC(CCc2cc(F)c(-c3ccccc3)c(F)c2)CC1. The van der Waals surface area contributed by atoms with Crippen LogP contribution in [0.2, 0.25) is 0 Å². The molecule has 2 heteroatoms. The van der Waals surface area contributed by atoms with E-state index in [0.717, 1.165) is 24.3 Å².